The molecule has 2 aliphatic rings. The second-order valence-electron chi connectivity index (χ2n) is 12.7. The van der Waals surface area contributed by atoms with Crippen molar-refractivity contribution in [1.29, 1.82) is 0 Å². The normalized spacial score (nSPS) is 20.9. The first-order chi connectivity index (χ1) is 18.4. The number of nitrogens with zero attached hydrogens (tertiary/aromatic N) is 1. The molecule has 0 bridgehead atoms. The van der Waals surface area contributed by atoms with Crippen molar-refractivity contribution < 1.29 is 28.5 Å². The van der Waals surface area contributed by atoms with Gasteiger partial charge >= 0.3 is 12.1 Å². The Morgan fingerprint density at radius 2 is 1.95 bits per heavy atom. The van der Waals surface area contributed by atoms with Crippen LogP contribution in [0, 0.1) is 23.7 Å². The molecule has 8 heteroatoms. The molecule has 2 aliphatic heterocycles. The average Bonchev–Trinajstić information content (AvgIpc) is 3.24. The van der Waals surface area contributed by atoms with Gasteiger partial charge in [-0.25, -0.2) is 4.79 Å². The number of fused-ring (bicyclic) bond motifs is 1. The number of carbonyl (C=O) groups excluding carboxylic acids is 2. The van der Waals surface area contributed by atoms with Gasteiger partial charge in [-0.2, -0.15) is 0 Å². The monoisotopic (exact) mass is 546 g/mol. The smallest absolute Gasteiger partial charge is 0.408 e. The number of carbonyl (C=O) groups is 2. The van der Waals surface area contributed by atoms with E-state index in [0.29, 0.717) is 25.4 Å². The number of benzene rings is 1. The number of alkyl carbamates (subject to hydrolysis) is 1. The Balaban J connectivity index is 1.79. The summed E-state index contributed by atoms with van der Waals surface area (Å²) in [6.07, 6.45) is 2.25. The molecule has 1 amide bonds. The highest BCUT2D eigenvalue weighted by Crippen LogP contribution is 2.36. The molecule has 0 spiro atoms. The third kappa shape index (κ3) is 9.02. The first-order valence-electron chi connectivity index (χ1n) is 14.6. The van der Waals surface area contributed by atoms with Crippen molar-refractivity contribution >= 4 is 17.7 Å². The molecule has 2 heterocycles. The molecule has 0 aromatic heterocycles. The lowest BCUT2D eigenvalue weighted by atomic mass is 9.81. The van der Waals surface area contributed by atoms with Gasteiger partial charge in [0.15, 0.2) is 0 Å². The van der Waals surface area contributed by atoms with E-state index in [2.05, 4.69) is 42.3 Å². The van der Waals surface area contributed by atoms with Crippen molar-refractivity contribution in [3.05, 3.63) is 23.8 Å². The van der Waals surface area contributed by atoms with Gasteiger partial charge < -0.3 is 29.2 Å². The van der Waals surface area contributed by atoms with E-state index in [-0.39, 0.29) is 35.9 Å². The minimum Gasteiger partial charge on any atom is -0.490 e. The zero-order valence-corrected chi connectivity index (χ0v) is 25.2. The topological polar surface area (TPSA) is 86.3 Å². The number of esters is 1. The fourth-order valence-corrected chi connectivity index (χ4v) is 5.48. The van der Waals surface area contributed by atoms with Crippen molar-refractivity contribution in [2.24, 2.45) is 23.7 Å². The Bertz CT molecular complexity index is 957. The minimum absolute atomic E-state index is 0.153. The van der Waals surface area contributed by atoms with E-state index in [1.54, 1.807) is 7.11 Å². The van der Waals surface area contributed by atoms with Crippen LogP contribution in [0.1, 0.15) is 73.3 Å². The molecule has 3 rings (SSSR count). The van der Waals surface area contributed by atoms with Crippen LogP contribution in [0.5, 0.6) is 5.75 Å². The lowest BCUT2D eigenvalue weighted by Gasteiger charge is -2.33. The number of hydrogen-bond donors (Lipinski definition) is 1. The van der Waals surface area contributed by atoms with E-state index in [1.807, 2.05) is 34.6 Å². The standard InChI is InChI=1S/C31H50N2O6/c1-20(2)23(16-22-10-11-27-26(17-22)33(13-15-37-27)12-9-14-36-8)18-25(32-30(35)39-31(5,6)7)28-19-24(21(3)4)29(34)38-28/h10-11,17,20-21,23-25,28H,9,12-16,18-19H2,1-8H3,(H,32,35)/t23-,24-,25-,28-/m0/s1. The van der Waals surface area contributed by atoms with E-state index in [9.17, 15) is 9.59 Å². The Hall–Kier alpha value is -2.48. The van der Waals surface area contributed by atoms with Crippen molar-refractivity contribution in [3.8, 4) is 5.75 Å². The van der Waals surface area contributed by atoms with Crippen LogP contribution >= 0.6 is 0 Å². The van der Waals surface area contributed by atoms with Crippen molar-refractivity contribution in [2.45, 2.75) is 91.9 Å². The van der Waals surface area contributed by atoms with Crippen LogP contribution < -0.4 is 15.0 Å². The van der Waals surface area contributed by atoms with E-state index in [1.165, 1.54) is 5.56 Å². The molecule has 1 aromatic rings. The summed E-state index contributed by atoms with van der Waals surface area (Å²) in [4.78, 5) is 27.8. The highest BCUT2D eigenvalue weighted by atomic mass is 16.6. The molecule has 0 saturated carbocycles. The maximum atomic E-state index is 12.8. The maximum absolute atomic E-state index is 12.8. The fraction of sp³-hybridized carbons (Fsp3) is 0.742. The molecule has 1 N–H and O–H groups in total. The van der Waals surface area contributed by atoms with Crippen LogP contribution in [0.3, 0.4) is 0 Å². The van der Waals surface area contributed by atoms with Gasteiger partial charge in [0.1, 0.15) is 24.1 Å². The summed E-state index contributed by atoms with van der Waals surface area (Å²) in [7, 11) is 1.73. The van der Waals surface area contributed by atoms with Crippen LogP contribution in [0.25, 0.3) is 0 Å². The van der Waals surface area contributed by atoms with Gasteiger partial charge in [-0.05, 0) is 81.9 Å². The van der Waals surface area contributed by atoms with Gasteiger partial charge in [0, 0.05) is 20.3 Å². The minimum atomic E-state index is -0.612. The zero-order valence-electron chi connectivity index (χ0n) is 25.2. The van der Waals surface area contributed by atoms with Crippen LogP contribution in [0.2, 0.25) is 0 Å². The van der Waals surface area contributed by atoms with Gasteiger partial charge in [0.05, 0.1) is 24.2 Å². The molecule has 0 radical (unpaired) electrons. The zero-order chi connectivity index (χ0) is 28.7. The Kier molecular flexibility index (Phi) is 10.9. The molecular weight excluding hydrogens is 496 g/mol. The molecular formula is C31H50N2O6. The fourth-order valence-electron chi connectivity index (χ4n) is 5.48. The van der Waals surface area contributed by atoms with E-state index in [0.717, 1.165) is 44.0 Å². The SMILES string of the molecule is COCCCN1CCOc2ccc(C[C@@H](C[C@H](NC(=O)OC(C)(C)C)[C@@H]3C[C@@H](C(C)C)C(=O)O3)C(C)C)cc21. The lowest BCUT2D eigenvalue weighted by molar-refractivity contribution is -0.146. The molecule has 1 fully saturated rings. The number of anilines is 1. The largest absolute Gasteiger partial charge is 0.490 e. The lowest BCUT2D eigenvalue weighted by Crippen LogP contribution is -2.47. The quantitative estimate of drug-likeness (QED) is 0.269. The van der Waals surface area contributed by atoms with Crippen LogP contribution in [-0.4, -0.2) is 63.2 Å². The second kappa shape index (κ2) is 13.7. The first-order valence-corrected chi connectivity index (χ1v) is 14.6. The number of ether oxygens (including phenoxy) is 4. The molecule has 1 aromatic carbocycles. The summed E-state index contributed by atoms with van der Waals surface area (Å²) in [6, 6.07) is 6.14. The van der Waals surface area contributed by atoms with Crippen LogP contribution in [-0.2, 0) is 25.4 Å². The Morgan fingerprint density at radius 1 is 1.21 bits per heavy atom. The third-order valence-corrected chi connectivity index (χ3v) is 7.77. The number of hydrogen-bond acceptors (Lipinski definition) is 7. The molecule has 0 unspecified atom stereocenters. The number of cyclic esters (lactones) is 1. The predicted molar refractivity (Wildman–Crippen MR) is 153 cm³/mol. The summed E-state index contributed by atoms with van der Waals surface area (Å²) in [5.74, 6) is 1.40. The number of nitrogens with one attached hydrogen (secondary N) is 1. The first kappa shape index (κ1) is 31.1. The number of rotatable bonds is 12. The number of amides is 1. The highest BCUT2D eigenvalue weighted by Gasteiger charge is 2.42. The highest BCUT2D eigenvalue weighted by molar-refractivity contribution is 5.75. The van der Waals surface area contributed by atoms with Gasteiger partial charge in [-0.1, -0.05) is 33.8 Å². The van der Waals surface area contributed by atoms with E-state index in [4.69, 9.17) is 18.9 Å². The summed E-state index contributed by atoms with van der Waals surface area (Å²) in [5, 5.41) is 3.07. The van der Waals surface area contributed by atoms with Gasteiger partial charge in [-0.3, -0.25) is 4.79 Å². The summed E-state index contributed by atoms with van der Waals surface area (Å²) >= 11 is 0. The van der Waals surface area contributed by atoms with Crippen LogP contribution in [0.4, 0.5) is 10.5 Å². The summed E-state index contributed by atoms with van der Waals surface area (Å²) in [6.45, 7) is 17.3. The second-order valence-corrected chi connectivity index (χ2v) is 12.7. The molecule has 39 heavy (non-hydrogen) atoms. The molecule has 0 aliphatic carbocycles. The van der Waals surface area contributed by atoms with Gasteiger partial charge in [0.25, 0.3) is 0 Å². The van der Waals surface area contributed by atoms with E-state index >= 15 is 0 Å². The van der Waals surface area contributed by atoms with Gasteiger partial charge in [0.2, 0.25) is 0 Å². The average molecular weight is 547 g/mol. The van der Waals surface area contributed by atoms with Crippen molar-refractivity contribution in [3.63, 3.8) is 0 Å². The molecule has 1 saturated heterocycles. The Morgan fingerprint density at radius 3 is 2.56 bits per heavy atom. The maximum Gasteiger partial charge on any atom is 0.408 e. The van der Waals surface area contributed by atoms with Crippen molar-refractivity contribution in [2.75, 3.05) is 38.3 Å². The Labute approximate surface area is 235 Å². The van der Waals surface area contributed by atoms with Crippen molar-refractivity contribution in [1.82, 2.24) is 5.32 Å². The van der Waals surface area contributed by atoms with Gasteiger partial charge in [-0.15, -0.1) is 0 Å². The van der Waals surface area contributed by atoms with E-state index < -0.39 is 11.7 Å². The molecule has 4 atom stereocenters. The third-order valence-electron chi connectivity index (χ3n) is 7.77. The summed E-state index contributed by atoms with van der Waals surface area (Å²) in [5.41, 5.74) is 1.75. The number of methoxy groups -OCH3 is 1. The summed E-state index contributed by atoms with van der Waals surface area (Å²) < 4.78 is 22.6. The molecule has 220 valence electrons. The predicted octanol–water partition coefficient (Wildman–Crippen LogP) is 5.61. The van der Waals surface area contributed by atoms with Crippen LogP contribution in [0.15, 0.2) is 18.2 Å². The molecule has 8 nitrogen and oxygen atoms in total.